The zero-order valence-electron chi connectivity index (χ0n) is 6.12. The number of azide groups is 1. The molecule has 0 aromatic rings. The number of nitrogens with zero attached hydrogens (tertiary/aromatic N) is 4. The molecule has 0 aliphatic carbocycles. The van der Waals surface area contributed by atoms with Crippen LogP contribution in [-0.4, -0.2) is 36.8 Å². The van der Waals surface area contributed by atoms with Crippen molar-refractivity contribution < 1.29 is 13.2 Å². The second-order valence-corrected chi connectivity index (χ2v) is 2.67. The van der Waals surface area contributed by atoms with Gasteiger partial charge in [-0.15, -0.1) is 0 Å². The number of alkyl halides is 3. The van der Waals surface area contributed by atoms with Crippen LogP contribution in [0.3, 0.4) is 0 Å². The Kier molecular flexibility index (Phi) is 2.44. The molecule has 7 heteroatoms. The minimum absolute atomic E-state index is 0.212. The molecule has 0 unspecified atom stereocenters. The molecule has 1 aliphatic rings. The molecular weight excluding hydrogens is 173 g/mol. The van der Waals surface area contributed by atoms with Gasteiger partial charge in [0.25, 0.3) is 0 Å². The number of hydrogen-bond donors (Lipinski definition) is 0. The summed E-state index contributed by atoms with van der Waals surface area (Å²) in [5, 5.41) is 3.28. The predicted octanol–water partition coefficient (Wildman–Crippen LogP) is 1.54. The second-order valence-electron chi connectivity index (χ2n) is 2.67. The SMILES string of the molecule is [N-]=[N+]=NC1CN(CC(F)(F)F)C1. The van der Waals surface area contributed by atoms with Crippen molar-refractivity contribution in [2.75, 3.05) is 19.6 Å². The van der Waals surface area contributed by atoms with Crippen LogP contribution in [0, 0.1) is 0 Å². The van der Waals surface area contributed by atoms with Crippen LogP contribution in [0.25, 0.3) is 10.4 Å². The van der Waals surface area contributed by atoms with Crippen LogP contribution < -0.4 is 0 Å². The maximum Gasteiger partial charge on any atom is 0.401 e. The highest BCUT2D eigenvalue weighted by atomic mass is 19.4. The molecule has 0 aromatic heterocycles. The molecular formula is C5H7F3N4. The summed E-state index contributed by atoms with van der Waals surface area (Å²) in [4.78, 5) is 3.70. The van der Waals surface area contributed by atoms with Gasteiger partial charge in [-0.05, 0) is 5.53 Å². The summed E-state index contributed by atoms with van der Waals surface area (Å²) in [6, 6.07) is -0.280. The van der Waals surface area contributed by atoms with Crippen molar-refractivity contribution in [3.8, 4) is 0 Å². The van der Waals surface area contributed by atoms with Crippen LogP contribution in [0.4, 0.5) is 13.2 Å². The molecule has 0 radical (unpaired) electrons. The fourth-order valence-electron chi connectivity index (χ4n) is 1.07. The summed E-state index contributed by atoms with van der Waals surface area (Å²) in [5.74, 6) is 0. The first-order valence-corrected chi connectivity index (χ1v) is 3.34. The van der Waals surface area contributed by atoms with Crippen molar-refractivity contribution in [2.45, 2.75) is 12.2 Å². The Labute approximate surface area is 66.6 Å². The summed E-state index contributed by atoms with van der Waals surface area (Å²) in [6.07, 6.45) is -4.15. The molecule has 1 fully saturated rings. The van der Waals surface area contributed by atoms with Gasteiger partial charge in [-0.1, -0.05) is 5.11 Å². The molecule has 12 heavy (non-hydrogen) atoms. The third-order valence-electron chi connectivity index (χ3n) is 1.56. The van der Waals surface area contributed by atoms with Crippen molar-refractivity contribution >= 4 is 0 Å². The minimum atomic E-state index is -4.15. The summed E-state index contributed by atoms with van der Waals surface area (Å²) in [6.45, 7) is -0.489. The standard InChI is InChI=1S/C5H7F3N4/c6-5(7,8)3-12-1-4(2-12)10-11-9/h4H,1-3H2. The fraction of sp³-hybridized carbons (Fsp3) is 1.00. The predicted molar refractivity (Wildman–Crippen MR) is 35.4 cm³/mol. The molecule has 1 aliphatic heterocycles. The molecule has 1 saturated heterocycles. The van der Waals surface area contributed by atoms with E-state index < -0.39 is 12.7 Å². The Bertz CT molecular complexity index is 201. The lowest BCUT2D eigenvalue weighted by molar-refractivity contribution is -0.154. The average Bonchev–Trinajstić information content (AvgIpc) is 1.80. The van der Waals surface area contributed by atoms with Crippen LogP contribution in [0.5, 0.6) is 0 Å². The van der Waals surface area contributed by atoms with E-state index in [9.17, 15) is 13.2 Å². The lowest BCUT2D eigenvalue weighted by Gasteiger charge is -2.36. The Morgan fingerprint density at radius 1 is 1.50 bits per heavy atom. The number of likely N-dealkylation sites (tertiary alicyclic amines) is 1. The quantitative estimate of drug-likeness (QED) is 0.361. The minimum Gasteiger partial charge on any atom is -0.294 e. The third-order valence-corrected chi connectivity index (χ3v) is 1.56. The van der Waals surface area contributed by atoms with E-state index in [0.29, 0.717) is 0 Å². The van der Waals surface area contributed by atoms with Gasteiger partial charge in [0.05, 0.1) is 12.6 Å². The van der Waals surface area contributed by atoms with Gasteiger partial charge < -0.3 is 0 Å². The zero-order valence-corrected chi connectivity index (χ0v) is 6.12. The third kappa shape index (κ3) is 2.60. The van der Waals surface area contributed by atoms with Crippen LogP contribution >= 0.6 is 0 Å². The van der Waals surface area contributed by atoms with Crippen LogP contribution in [0.15, 0.2) is 5.11 Å². The summed E-state index contributed by atoms with van der Waals surface area (Å²) in [5.41, 5.74) is 7.94. The maximum atomic E-state index is 11.7. The molecule has 68 valence electrons. The summed E-state index contributed by atoms with van der Waals surface area (Å²) >= 11 is 0. The highest BCUT2D eigenvalue weighted by molar-refractivity contribution is 4.86. The average molecular weight is 180 g/mol. The van der Waals surface area contributed by atoms with Crippen LogP contribution in [-0.2, 0) is 0 Å². The first kappa shape index (κ1) is 9.15. The summed E-state index contributed by atoms with van der Waals surface area (Å²) in [7, 11) is 0. The lowest BCUT2D eigenvalue weighted by Crippen LogP contribution is -2.52. The van der Waals surface area contributed by atoms with Gasteiger partial charge in [-0.2, -0.15) is 13.2 Å². The van der Waals surface area contributed by atoms with Crippen molar-refractivity contribution in [3.63, 3.8) is 0 Å². The fourth-order valence-corrected chi connectivity index (χ4v) is 1.07. The van der Waals surface area contributed by atoms with Crippen molar-refractivity contribution in [1.29, 1.82) is 0 Å². The Hall–Kier alpha value is -0.940. The molecule has 1 heterocycles. The van der Waals surface area contributed by atoms with E-state index in [4.69, 9.17) is 5.53 Å². The second kappa shape index (κ2) is 3.20. The number of halogens is 3. The van der Waals surface area contributed by atoms with Gasteiger partial charge in [0, 0.05) is 18.0 Å². The van der Waals surface area contributed by atoms with E-state index in [1.54, 1.807) is 0 Å². The van der Waals surface area contributed by atoms with Crippen LogP contribution in [0.1, 0.15) is 0 Å². The zero-order chi connectivity index (χ0) is 9.19. The topological polar surface area (TPSA) is 52.0 Å². The summed E-state index contributed by atoms with van der Waals surface area (Å²) < 4.78 is 35.1. The van der Waals surface area contributed by atoms with E-state index in [1.807, 2.05) is 0 Å². The molecule has 0 aromatic carbocycles. The maximum absolute atomic E-state index is 11.7. The highest BCUT2D eigenvalue weighted by Gasteiger charge is 2.36. The van der Waals surface area contributed by atoms with Crippen LogP contribution in [0.2, 0.25) is 0 Å². The van der Waals surface area contributed by atoms with Gasteiger partial charge in [-0.25, -0.2) is 0 Å². The largest absolute Gasteiger partial charge is 0.401 e. The molecule has 4 nitrogen and oxygen atoms in total. The first-order chi connectivity index (χ1) is 5.51. The van der Waals surface area contributed by atoms with Gasteiger partial charge >= 0.3 is 6.18 Å². The Balaban J connectivity index is 2.22. The molecule has 0 N–H and O–H groups in total. The van der Waals surface area contributed by atoms with E-state index in [0.717, 1.165) is 0 Å². The normalized spacial score (nSPS) is 19.9. The smallest absolute Gasteiger partial charge is 0.294 e. The number of hydrogen-bond acceptors (Lipinski definition) is 2. The molecule has 0 amide bonds. The monoisotopic (exact) mass is 180 g/mol. The van der Waals surface area contributed by atoms with Gasteiger partial charge in [0.15, 0.2) is 0 Å². The molecule has 1 rings (SSSR count). The van der Waals surface area contributed by atoms with E-state index in [1.165, 1.54) is 4.90 Å². The Morgan fingerprint density at radius 3 is 2.50 bits per heavy atom. The first-order valence-electron chi connectivity index (χ1n) is 3.34. The Morgan fingerprint density at radius 2 is 2.08 bits per heavy atom. The van der Waals surface area contributed by atoms with E-state index >= 15 is 0 Å². The van der Waals surface area contributed by atoms with Crippen molar-refractivity contribution in [2.24, 2.45) is 5.11 Å². The van der Waals surface area contributed by atoms with Gasteiger partial charge in [0.1, 0.15) is 0 Å². The molecule has 0 atom stereocenters. The lowest BCUT2D eigenvalue weighted by atomic mass is 10.1. The van der Waals surface area contributed by atoms with E-state index in [-0.39, 0.29) is 19.1 Å². The highest BCUT2D eigenvalue weighted by Crippen LogP contribution is 2.21. The van der Waals surface area contributed by atoms with Gasteiger partial charge in [0.2, 0.25) is 0 Å². The van der Waals surface area contributed by atoms with E-state index in [2.05, 4.69) is 10.0 Å². The van der Waals surface area contributed by atoms with Crippen molar-refractivity contribution in [3.05, 3.63) is 10.4 Å². The van der Waals surface area contributed by atoms with Gasteiger partial charge in [-0.3, -0.25) is 4.90 Å². The molecule has 0 saturated carbocycles. The van der Waals surface area contributed by atoms with Crippen molar-refractivity contribution in [1.82, 2.24) is 4.90 Å². The number of rotatable bonds is 2. The molecule has 0 spiro atoms. The molecule has 0 bridgehead atoms.